The minimum absolute atomic E-state index is 0.0101. The van der Waals surface area contributed by atoms with Crippen LogP contribution in [0.2, 0.25) is 0 Å². The van der Waals surface area contributed by atoms with Gasteiger partial charge in [0.25, 0.3) is 0 Å². The van der Waals surface area contributed by atoms with Gasteiger partial charge in [0.05, 0.1) is 17.4 Å². The number of imidazole rings is 1. The van der Waals surface area contributed by atoms with Crippen LogP contribution in [0.4, 0.5) is 8.78 Å². The Morgan fingerprint density at radius 3 is 2.45 bits per heavy atom. The van der Waals surface area contributed by atoms with E-state index in [2.05, 4.69) is 4.98 Å². The summed E-state index contributed by atoms with van der Waals surface area (Å²) in [5, 5.41) is 0. The fraction of sp³-hybridized carbons (Fsp3) is 0.0714. The monoisotopic (exact) mass is 324 g/mol. The topological polar surface area (TPSA) is 61.2 Å². The molecule has 114 valence electrons. The third-order valence-electron chi connectivity index (χ3n) is 3.03. The van der Waals surface area contributed by atoms with Crippen molar-refractivity contribution in [2.45, 2.75) is 4.90 Å². The molecule has 1 aromatic heterocycles. The molecule has 3 aromatic rings. The predicted octanol–water partition coefficient (Wildman–Crippen LogP) is 2.62. The fourth-order valence-corrected chi connectivity index (χ4v) is 2.98. The summed E-state index contributed by atoms with van der Waals surface area (Å²) < 4.78 is 57.1. The molecule has 0 radical (unpaired) electrons. The maximum atomic E-state index is 13.1. The molecular formula is C14H10F2N2O3S. The third-order valence-corrected chi connectivity index (χ3v) is 4.25. The summed E-state index contributed by atoms with van der Waals surface area (Å²) in [7, 11) is -2.54. The molecule has 3 rings (SSSR count). The maximum absolute atomic E-state index is 13.1. The molecule has 0 aliphatic heterocycles. The van der Waals surface area contributed by atoms with Crippen LogP contribution in [0, 0.1) is 11.6 Å². The van der Waals surface area contributed by atoms with Crippen LogP contribution in [0.25, 0.3) is 11.0 Å². The van der Waals surface area contributed by atoms with Gasteiger partial charge in [-0.3, -0.25) is 0 Å². The Labute approximate surface area is 124 Å². The highest BCUT2D eigenvalue weighted by molar-refractivity contribution is 7.87. The van der Waals surface area contributed by atoms with E-state index in [1.807, 2.05) is 0 Å². The number of nitrogens with zero attached hydrogens (tertiary/aromatic N) is 2. The standard InChI is InChI=1S/C14H10F2N2O3S/c1-18-8-17-13-7-11(2-3-14(13)18)21-22(19,20)12-5-9(15)4-10(16)6-12/h2-8H,1H3. The van der Waals surface area contributed by atoms with E-state index in [4.69, 9.17) is 4.18 Å². The van der Waals surface area contributed by atoms with E-state index >= 15 is 0 Å². The van der Waals surface area contributed by atoms with Gasteiger partial charge >= 0.3 is 10.1 Å². The summed E-state index contributed by atoms with van der Waals surface area (Å²) in [6, 6.07) is 6.48. The van der Waals surface area contributed by atoms with E-state index < -0.39 is 26.6 Å². The predicted molar refractivity (Wildman–Crippen MR) is 74.9 cm³/mol. The number of fused-ring (bicyclic) bond motifs is 1. The number of benzene rings is 2. The molecule has 0 saturated carbocycles. The SMILES string of the molecule is Cn1cnc2cc(OS(=O)(=O)c3cc(F)cc(F)c3)ccc21. The van der Waals surface area contributed by atoms with E-state index in [1.165, 1.54) is 12.1 Å². The van der Waals surface area contributed by atoms with Crippen LogP contribution in [-0.4, -0.2) is 18.0 Å². The lowest BCUT2D eigenvalue weighted by atomic mass is 10.3. The Balaban J connectivity index is 1.98. The van der Waals surface area contributed by atoms with Crippen molar-refractivity contribution in [1.82, 2.24) is 9.55 Å². The van der Waals surface area contributed by atoms with Crippen LogP contribution in [-0.2, 0) is 17.2 Å². The Morgan fingerprint density at radius 2 is 1.77 bits per heavy atom. The van der Waals surface area contributed by atoms with Gasteiger partial charge in [0.15, 0.2) is 0 Å². The van der Waals surface area contributed by atoms with Gasteiger partial charge in [0, 0.05) is 19.2 Å². The largest absolute Gasteiger partial charge is 0.379 e. The molecule has 0 aliphatic rings. The van der Waals surface area contributed by atoms with Gasteiger partial charge in [-0.15, -0.1) is 0 Å². The second kappa shape index (κ2) is 5.06. The first-order valence-corrected chi connectivity index (χ1v) is 7.58. The molecule has 0 unspecified atom stereocenters. The number of hydrogen-bond acceptors (Lipinski definition) is 4. The van der Waals surface area contributed by atoms with Crippen molar-refractivity contribution in [2.24, 2.45) is 7.05 Å². The molecule has 5 nitrogen and oxygen atoms in total. The van der Waals surface area contributed by atoms with Gasteiger partial charge in [-0.05, 0) is 24.3 Å². The van der Waals surface area contributed by atoms with E-state index in [0.29, 0.717) is 23.7 Å². The van der Waals surface area contributed by atoms with E-state index in [-0.39, 0.29) is 5.75 Å². The van der Waals surface area contributed by atoms with Crippen LogP contribution in [0.3, 0.4) is 0 Å². The first-order chi connectivity index (χ1) is 10.3. The molecule has 0 fully saturated rings. The number of hydrogen-bond donors (Lipinski definition) is 0. The first kappa shape index (κ1) is 14.5. The number of aryl methyl sites for hydroxylation is 1. The summed E-state index contributed by atoms with van der Waals surface area (Å²) in [5.74, 6) is -1.99. The normalized spacial score (nSPS) is 11.8. The van der Waals surface area contributed by atoms with Crippen molar-refractivity contribution in [1.29, 1.82) is 0 Å². The zero-order valence-electron chi connectivity index (χ0n) is 11.3. The van der Waals surface area contributed by atoms with Crippen LogP contribution >= 0.6 is 0 Å². The van der Waals surface area contributed by atoms with Crippen molar-refractivity contribution < 1.29 is 21.4 Å². The number of aromatic nitrogens is 2. The molecule has 0 bridgehead atoms. The van der Waals surface area contributed by atoms with Crippen molar-refractivity contribution in [3.05, 3.63) is 54.4 Å². The highest BCUT2D eigenvalue weighted by atomic mass is 32.2. The smallest absolute Gasteiger partial charge is 0.339 e. The highest BCUT2D eigenvalue weighted by Gasteiger charge is 2.19. The molecule has 8 heteroatoms. The van der Waals surface area contributed by atoms with Gasteiger partial charge in [0.1, 0.15) is 22.3 Å². The van der Waals surface area contributed by atoms with Crippen molar-refractivity contribution >= 4 is 21.2 Å². The van der Waals surface area contributed by atoms with Gasteiger partial charge in [-0.2, -0.15) is 8.42 Å². The van der Waals surface area contributed by atoms with Crippen molar-refractivity contribution in [3.63, 3.8) is 0 Å². The molecule has 0 amide bonds. The zero-order chi connectivity index (χ0) is 15.9. The molecule has 0 spiro atoms. The lowest BCUT2D eigenvalue weighted by Crippen LogP contribution is -2.10. The van der Waals surface area contributed by atoms with E-state index in [1.54, 1.807) is 24.0 Å². The Kier molecular flexibility index (Phi) is 3.32. The van der Waals surface area contributed by atoms with Crippen molar-refractivity contribution in [3.8, 4) is 5.75 Å². The minimum atomic E-state index is -4.33. The third kappa shape index (κ3) is 2.64. The lowest BCUT2D eigenvalue weighted by Gasteiger charge is -2.07. The molecule has 0 N–H and O–H groups in total. The van der Waals surface area contributed by atoms with Gasteiger partial charge in [-0.1, -0.05) is 0 Å². The molecule has 0 aliphatic carbocycles. The first-order valence-electron chi connectivity index (χ1n) is 6.17. The molecular weight excluding hydrogens is 314 g/mol. The van der Waals surface area contributed by atoms with E-state index in [9.17, 15) is 17.2 Å². The summed E-state index contributed by atoms with van der Waals surface area (Å²) >= 11 is 0. The van der Waals surface area contributed by atoms with Crippen LogP contribution < -0.4 is 4.18 Å². The summed E-state index contributed by atoms with van der Waals surface area (Å²) in [4.78, 5) is 3.49. The second-order valence-electron chi connectivity index (χ2n) is 4.65. The minimum Gasteiger partial charge on any atom is -0.379 e. The number of halogens is 2. The molecule has 0 saturated heterocycles. The molecule has 22 heavy (non-hydrogen) atoms. The molecule has 0 atom stereocenters. The molecule has 1 heterocycles. The second-order valence-corrected chi connectivity index (χ2v) is 6.19. The van der Waals surface area contributed by atoms with Crippen LogP contribution in [0.1, 0.15) is 0 Å². The highest BCUT2D eigenvalue weighted by Crippen LogP contribution is 2.23. The molecule has 2 aromatic carbocycles. The quantitative estimate of drug-likeness (QED) is 0.695. The summed E-state index contributed by atoms with van der Waals surface area (Å²) in [6.45, 7) is 0. The lowest BCUT2D eigenvalue weighted by molar-refractivity contribution is 0.483. The fourth-order valence-electron chi connectivity index (χ4n) is 2.02. The van der Waals surface area contributed by atoms with Crippen molar-refractivity contribution in [2.75, 3.05) is 0 Å². The van der Waals surface area contributed by atoms with Gasteiger partial charge in [-0.25, -0.2) is 13.8 Å². The van der Waals surface area contributed by atoms with Crippen LogP contribution in [0.15, 0.2) is 47.6 Å². The summed E-state index contributed by atoms with van der Waals surface area (Å²) in [6.07, 6.45) is 1.57. The summed E-state index contributed by atoms with van der Waals surface area (Å²) in [5.41, 5.74) is 1.34. The van der Waals surface area contributed by atoms with Crippen LogP contribution in [0.5, 0.6) is 5.75 Å². The van der Waals surface area contributed by atoms with E-state index in [0.717, 1.165) is 5.52 Å². The number of rotatable bonds is 3. The average Bonchev–Trinajstić information content (AvgIpc) is 2.78. The maximum Gasteiger partial charge on any atom is 0.339 e. The zero-order valence-corrected chi connectivity index (χ0v) is 12.1. The Hall–Kier alpha value is -2.48. The Morgan fingerprint density at radius 1 is 1.09 bits per heavy atom. The van der Waals surface area contributed by atoms with Gasteiger partial charge in [0.2, 0.25) is 0 Å². The Bertz CT molecular complexity index is 947. The van der Waals surface area contributed by atoms with Gasteiger partial charge < -0.3 is 8.75 Å². The average molecular weight is 324 g/mol.